The van der Waals surface area contributed by atoms with E-state index >= 15 is 0 Å². The molecule has 0 bridgehead atoms. The average molecular weight is 636 g/mol. The van der Waals surface area contributed by atoms with Gasteiger partial charge < -0.3 is 10.2 Å². The molecule has 10 heteroatoms. The standard InChI is InChI=1S/C34H35ClFN3O4S/c1-3-25(2)37-34(41)32(22-26-12-6-4-7-13-26)38(23-27-14-10-11-17-31(27)35)33(40)24-39(29-20-18-28(36)19-21-29)44(42,43)30-15-8-5-9-16-30/h4-21,25,32H,3,22-24H2,1-2H3,(H,37,41)/t25-,32+/m0/s1. The van der Waals surface area contributed by atoms with E-state index in [9.17, 15) is 22.4 Å². The monoisotopic (exact) mass is 635 g/mol. The van der Waals surface area contributed by atoms with E-state index in [0.29, 0.717) is 17.0 Å². The first kappa shape index (κ1) is 32.7. The Labute approximate surface area is 263 Å². The van der Waals surface area contributed by atoms with Crippen LogP contribution in [0.2, 0.25) is 5.02 Å². The predicted octanol–water partition coefficient (Wildman–Crippen LogP) is 6.23. The molecule has 0 spiro atoms. The Kier molecular flexibility index (Phi) is 11.1. The molecule has 0 aliphatic carbocycles. The van der Waals surface area contributed by atoms with E-state index in [-0.39, 0.29) is 35.5 Å². The van der Waals surface area contributed by atoms with E-state index in [1.54, 1.807) is 42.5 Å². The van der Waals surface area contributed by atoms with Crippen LogP contribution in [-0.4, -0.2) is 43.8 Å². The van der Waals surface area contributed by atoms with Crippen LogP contribution >= 0.6 is 11.6 Å². The molecule has 4 aromatic carbocycles. The van der Waals surface area contributed by atoms with Gasteiger partial charge in [-0.1, -0.05) is 85.3 Å². The molecule has 2 atom stereocenters. The summed E-state index contributed by atoms with van der Waals surface area (Å²) in [4.78, 5) is 29.6. The molecule has 4 aromatic rings. The maximum Gasteiger partial charge on any atom is 0.264 e. The molecule has 0 unspecified atom stereocenters. The zero-order valence-electron chi connectivity index (χ0n) is 24.6. The van der Waals surface area contributed by atoms with Crippen LogP contribution in [0.3, 0.4) is 0 Å². The lowest BCUT2D eigenvalue weighted by molar-refractivity contribution is -0.140. The minimum atomic E-state index is -4.27. The fourth-order valence-electron chi connectivity index (χ4n) is 4.66. The van der Waals surface area contributed by atoms with Crippen LogP contribution in [0, 0.1) is 5.82 Å². The normalized spacial score (nSPS) is 12.6. The number of sulfonamides is 1. The highest BCUT2D eigenvalue weighted by atomic mass is 35.5. The smallest absolute Gasteiger partial charge is 0.264 e. The molecule has 4 rings (SSSR count). The summed E-state index contributed by atoms with van der Waals surface area (Å²) in [5.41, 5.74) is 1.52. The van der Waals surface area contributed by atoms with Gasteiger partial charge >= 0.3 is 0 Å². The van der Waals surface area contributed by atoms with Gasteiger partial charge in [0, 0.05) is 24.0 Å². The summed E-state index contributed by atoms with van der Waals surface area (Å²) in [5.74, 6) is -1.56. The summed E-state index contributed by atoms with van der Waals surface area (Å²) in [7, 11) is -4.27. The fourth-order valence-corrected chi connectivity index (χ4v) is 6.29. The van der Waals surface area contributed by atoms with Crippen LogP contribution in [0.5, 0.6) is 0 Å². The lowest BCUT2D eigenvalue weighted by Gasteiger charge is -2.34. The zero-order valence-corrected chi connectivity index (χ0v) is 26.1. The highest BCUT2D eigenvalue weighted by Crippen LogP contribution is 2.26. The number of halogens is 2. The quantitative estimate of drug-likeness (QED) is 0.189. The van der Waals surface area contributed by atoms with Crippen LogP contribution in [0.4, 0.5) is 10.1 Å². The van der Waals surface area contributed by atoms with Gasteiger partial charge in [0.15, 0.2) is 0 Å². The zero-order chi connectivity index (χ0) is 31.7. The van der Waals surface area contributed by atoms with Crippen molar-refractivity contribution in [2.75, 3.05) is 10.8 Å². The van der Waals surface area contributed by atoms with E-state index in [4.69, 9.17) is 11.6 Å². The fraction of sp³-hybridized carbons (Fsp3) is 0.235. The van der Waals surface area contributed by atoms with Crippen LogP contribution in [0.15, 0.2) is 114 Å². The largest absolute Gasteiger partial charge is 0.352 e. The molecule has 1 N–H and O–H groups in total. The highest BCUT2D eigenvalue weighted by molar-refractivity contribution is 7.92. The first-order valence-electron chi connectivity index (χ1n) is 14.3. The molecule has 0 aliphatic heterocycles. The van der Waals surface area contributed by atoms with Crippen LogP contribution in [0.1, 0.15) is 31.4 Å². The van der Waals surface area contributed by atoms with Crippen molar-refractivity contribution < 1.29 is 22.4 Å². The van der Waals surface area contributed by atoms with E-state index in [1.807, 2.05) is 44.2 Å². The van der Waals surface area contributed by atoms with Crippen molar-refractivity contribution in [1.29, 1.82) is 0 Å². The molecular weight excluding hydrogens is 601 g/mol. The van der Waals surface area contributed by atoms with Crippen molar-refractivity contribution >= 4 is 39.1 Å². The van der Waals surface area contributed by atoms with Crippen molar-refractivity contribution in [2.45, 2.75) is 50.2 Å². The molecule has 0 aromatic heterocycles. The highest BCUT2D eigenvalue weighted by Gasteiger charge is 2.35. The molecule has 0 aliphatic rings. The lowest BCUT2D eigenvalue weighted by atomic mass is 10.0. The number of nitrogens with one attached hydrogen (secondary N) is 1. The maximum atomic E-state index is 14.4. The second kappa shape index (κ2) is 15.0. The van der Waals surface area contributed by atoms with Crippen LogP contribution in [0.25, 0.3) is 0 Å². The molecule has 2 amide bonds. The minimum Gasteiger partial charge on any atom is -0.352 e. The summed E-state index contributed by atoms with van der Waals surface area (Å²) >= 11 is 6.51. The summed E-state index contributed by atoms with van der Waals surface area (Å²) in [5, 5.41) is 3.39. The molecule has 0 fully saturated rings. The van der Waals surface area contributed by atoms with Crippen molar-refractivity contribution in [3.8, 4) is 0 Å². The lowest BCUT2D eigenvalue weighted by Crippen LogP contribution is -2.54. The number of rotatable bonds is 13. The van der Waals surface area contributed by atoms with Gasteiger partial charge in [-0.3, -0.25) is 13.9 Å². The first-order chi connectivity index (χ1) is 21.1. The van der Waals surface area contributed by atoms with Crippen molar-refractivity contribution in [3.63, 3.8) is 0 Å². The summed E-state index contributed by atoms with van der Waals surface area (Å²) in [6, 6.07) is 27.7. The number of anilines is 1. The Morgan fingerprint density at radius 3 is 2.07 bits per heavy atom. The third-order valence-electron chi connectivity index (χ3n) is 7.30. The topological polar surface area (TPSA) is 86.8 Å². The molecule has 0 heterocycles. The predicted molar refractivity (Wildman–Crippen MR) is 171 cm³/mol. The number of benzene rings is 4. The van der Waals surface area contributed by atoms with Gasteiger partial charge in [-0.05, 0) is 66.9 Å². The van der Waals surface area contributed by atoms with E-state index in [1.165, 1.54) is 29.2 Å². The van der Waals surface area contributed by atoms with E-state index in [0.717, 1.165) is 22.0 Å². The van der Waals surface area contributed by atoms with E-state index < -0.39 is 34.3 Å². The number of hydrogen-bond donors (Lipinski definition) is 1. The second-order valence-electron chi connectivity index (χ2n) is 10.4. The van der Waals surface area contributed by atoms with Crippen molar-refractivity contribution in [3.05, 3.63) is 131 Å². The van der Waals surface area contributed by atoms with Crippen LogP contribution < -0.4 is 9.62 Å². The number of carbonyl (C=O) groups is 2. The summed E-state index contributed by atoms with van der Waals surface area (Å²) in [6.45, 7) is 3.13. The number of carbonyl (C=O) groups excluding carboxylic acids is 2. The second-order valence-corrected chi connectivity index (χ2v) is 12.7. The first-order valence-corrected chi connectivity index (χ1v) is 16.1. The Morgan fingerprint density at radius 2 is 1.45 bits per heavy atom. The number of nitrogens with zero attached hydrogens (tertiary/aromatic N) is 2. The Hall–Kier alpha value is -4.21. The van der Waals surface area contributed by atoms with Crippen molar-refractivity contribution in [2.24, 2.45) is 0 Å². The molecule has 44 heavy (non-hydrogen) atoms. The van der Waals surface area contributed by atoms with Gasteiger partial charge in [-0.15, -0.1) is 0 Å². The van der Waals surface area contributed by atoms with Gasteiger partial charge in [0.05, 0.1) is 10.6 Å². The molecule has 230 valence electrons. The summed E-state index contributed by atoms with van der Waals surface area (Å²) in [6.07, 6.45) is 0.858. The molecule has 7 nitrogen and oxygen atoms in total. The van der Waals surface area contributed by atoms with Gasteiger partial charge in [-0.2, -0.15) is 0 Å². The Bertz CT molecular complexity index is 1660. The van der Waals surface area contributed by atoms with Crippen molar-refractivity contribution in [1.82, 2.24) is 10.2 Å². The van der Waals surface area contributed by atoms with Crippen LogP contribution in [-0.2, 0) is 32.6 Å². The van der Waals surface area contributed by atoms with Gasteiger partial charge in [0.2, 0.25) is 11.8 Å². The van der Waals surface area contributed by atoms with Gasteiger partial charge in [-0.25, -0.2) is 12.8 Å². The third-order valence-corrected chi connectivity index (χ3v) is 9.45. The maximum absolute atomic E-state index is 14.4. The third kappa shape index (κ3) is 8.24. The average Bonchev–Trinajstić information content (AvgIpc) is 3.03. The van der Waals surface area contributed by atoms with Gasteiger partial charge in [0.25, 0.3) is 10.0 Å². The SMILES string of the molecule is CC[C@H](C)NC(=O)[C@@H](Cc1ccccc1)N(Cc1ccccc1Cl)C(=O)CN(c1ccc(F)cc1)S(=O)(=O)c1ccccc1. The minimum absolute atomic E-state index is 0.0369. The number of amides is 2. The molecule has 0 radical (unpaired) electrons. The Balaban J connectivity index is 1.80. The molecule has 0 saturated heterocycles. The van der Waals surface area contributed by atoms with E-state index in [2.05, 4.69) is 5.32 Å². The number of hydrogen-bond acceptors (Lipinski definition) is 4. The molecule has 0 saturated carbocycles. The molecular formula is C34H35ClFN3O4S. The van der Waals surface area contributed by atoms with Gasteiger partial charge in [0.1, 0.15) is 18.4 Å². The summed E-state index contributed by atoms with van der Waals surface area (Å²) < 4.78 is 42.7. The Morgan fingerprint density at radius 1 is 0.864 bits per heavy atom.